The lowest BCUT2D eigenvalue weighted by atomic mass is 10.2. The largest absolute Gasteiger partial charge is 0.378 e. The van der Waals surface area contributed by atoms with E-state index < -0.39 is 0 Å². The van der Waals surface area contributed by atoms with Crippen LogP contribution in [0, 0.1) is 0 Å². The monoisotopic (exact) mass is 208 g/mol. The molecule has 1 aromatic heterocycles. The molecule has 0 saturated carbocycles. The number of nitrogens with zero attached hydrogens (tertiary/aromatic N) is 3. The van der Waals surface area contributed by atoms with Gasteiger partial charge in [-0.25, -0.2) is 0 Å². The summed E-state index contributed by atoms with van der Waals surface area (Å²) >= 11 is 0. The highest BCUT2D eigenvalue weighted by molar-refractivity contribution is 5.52. The molecule has 0 aliphatic carbocycles. The number of ether oxygens (including phenoxy) is 1. The minimum absolute atomic E-state index is 0.827. The molecule has 2 aliphatic heterocycles. The first-order valence-electron chi connectivity index (χ1n) is 5.44. The summed E-state index contributed by atoms with van der Waals surface area (Å²) in [6.45, 7) is 5.47. The summed E-state index contributed by atoms with van der Waals surface area (Å²) in [7, 11) is 2.03. The van der Waals surface area contributed by atoms with Gasteiger partial charge in [0.1, 0.15) is 5.82 Å². The molecule has 0 atom stereocenters. The highest BCUT2D eigenvalue weighted by atomic mass is 16.5. The zero-order valence-electron chi connectivity index (χ0n) is 8.99. The van der Waals surface area contributed by atoms with Gasteiger partial charge in [-0.05, 0) is 0 Å². The molecule has 3 heterocycles. The van der Waals surface area contributed by atoms with Gasteiger partial charge in [-0.2, -0.15) is 5.10 Å². The van der Waals surface area contributed by atoms with Crippen LogP contribution < -0.4 is 10.2 Å². The normalized spacial score (nSPS) is 20.7. The van der Waals surface area contributed by atoms with E-state index in [0.29, 0.717) is 0 Å². The first kappa shape index (κ1) is 9.18. The third-order valence-corrected chi connectivity index (χ3v) is 3.10. The lowest BCUT2D eigenvalue weighted by Crippen LogP contribution is -2.38. The van der Waals surface area contributed by atoms with Gasteiger partial charge in [0.2, 0.25) is 0 Å². The van der Waals surface area contributed by atoms with Crippen LogP contribution in [0.4, 0.5) is 5.82 Å². The van der Waals surface area contributed by atoms with Crippen molar-refractivity contribution in [3.63, 3.8) is 0 Å². The van der Waals surface area contributed by atoms with E-state index in [-0.39, 0.29) is 0 Å². The van der Waals surface area contributed by atoms with Crippen molar-refractivity contribution in [3.05, 3.63) is 11.3 Å². The van der Waals surface area contributed by atoms with Gasteiger partial charge in [0.15, 0.2) is 0 Å². The Labute approximate surface area is 89.0 Å². The predicted octanol–water partition coefficient (Wildman–Crippen LogP) is -0.140. The van der Waals surface area contributed by atoms with E-state index >= 15 is 0 Å². The van der Waals surface area contributed by atoms with Gasteiger partial charge >= 0.3 is 0 Å². The van der Waals surface area contributed by atoms with Crippen LogP contribution in [0.3, 0.4) is 0 Å². The van der Waals surface area contributed by atoms with Gasteiger partial charge in [0.05, 0.1) is 18.9 Å². The molecule has 15 heavy (non-hydrogen) atoms. The number of hydrogen-bond donors (Lipinski definition) is 1. The van der Waals surface area contributed by atoms with E-state index in [9.17, 15) is 0 Å². The minimum Gasteiger partial charge on any atom is -0.378 e. The molecule has 3 rings (SSSR count). The van der Waals surface area contributed by atoms with Crippen molar-refractivity contribution in [2.75, 3.05) is 31.2 Å². The lowest BCUT2D eigenvalue weighted by Gasteiger charge is -2.29. The number of aryl methyl sites for hydroxylation is 1. The third-order valence-electron chi connectivity index (χ3n) is 3.10. The van der Waals surface area contributed by atoms with E-state index in [1.54, 1.807) is 0 Å². The summed E-state index contributed by atoms with van der Waals surface area (Å²) in [4.78, 5) is 2.38. The first-order valence-corrected chi connectivity index (χ1v) is 5.44. The van der Waals surface area contributed by atoms with Gasteiger partial charge in [-0.15, -0.1) is 0 Å². The summed E-state index contributed by atoms with van der Waals surface area (Å²) in [5.41, 5.74) is 2.58. The minimum atomic E-state index is 0.827. The van der Waals surface area contributed by atoms with Crippen molar-refractivity contribution in [2.45, 2.75) is 13.1 Å². The Bertz CT molecular complexity index is 368. The number of morpholine rings is 1. The van der Waals surface area contributed by atoms with Crippen LogP contribution in [0.1, 0.15) is 11.3 Å². The van der Waals surface area contributed by atoms with Crippen LogP contribution in [-0.4, -0.2) is 36.1 Å². The van der Waals surface area contributed by atoms with Crippen LogP contribution in [0.5, 0.6) is 0 Å². The Morgan fingerprint density at radius 1 is 1.27 bits per heavy atom. The van der Waals surface area contributed by atoms with Crippen molar-refractivity contribution in [2.24, 2.45) is 7.05 Å². The summed E-state index contributed by atoms with van der Waals surface area (Å²) in [5.74, 6) is 1.28. The van der Waals surface area contributed by atoms with Crippen molar-refractivity contribution in [3.8, 4) is 0 Å². The zero-order chi connectivity index (χ0) is 10.3. The quantitative estimate of drug-likeness (QED) is 0.697. The van der Waals surface area contributed by atoms with Crippen LogP contribution in [0.2, 0.25) is 0 Å². The second-order valence-electron chi connectivity index (χ2n) is 4.08. The number of fused-ring (bicyclic) bond motifs is 1. The molecule has 1 N–H and O–H groups in total. The molecule has 0 aromatic carbocycles. The number of hydrogen-bond acceptors (Lipinski definition) is 4. The molecule has 1 fully saturated rings. The molecule has 5 heteroatoms. The maximum Gasteiger partial charge on any atom is 0.131 e. The van der Waals surface area contributed by atoms with Crippen LogP contribution in [0.25, 0.3) is 0 Å². The second kappa shape index (κ2) is 3.50. The Morgan fingerprint density at radius 2 is 2.07 bits per heavy atom. The van der Waals surface area contributed by atoms with E-state index in [2.05, 4.69) is 15.3 Å². The molecule has 1 saturated heterocycles. The molecule has 5 nitrogen and oxygen atoms in total. The fourth-order valence-electron chi connectivity index (χ4n) is 2.41. The average molecular weight is 208 g/mol. The third kappa shape index (κ3) is 1.42. The van der Waals surface area contributed by atoms with Crippen LogP contribution in [-0.2, 0) is 24.9 Å². The first-order chi connectivity index (χ1) is 7.36. The van der Waals surface area contributed by atoms with E-state index in [0.717, 1.165) is 39.4 Å². The molecule has 2 aliphatic rings. The molecule has 0 amide bonds. The number of nitrogens with one attached hydrogen (secondary N) is 1. The van der Waals surface area contributed by atoms with E-state index in [1.165, 1.54) is 17.1 Å². The molecule has 0 spiro atoms. The van der Waals surface area contributed by atoms with Gasteiger partial charge < -0.3 is 15.0 Å². The predicted molar refractivity (Wildman–Crippen MR) is 56.8 cm³/mol. The van der Waals surface area contributed by atoms with Crippen molar-refractivity contribution < 1.29 is 4.74 Å². The Hall–Kier alpha value is -1.07. The topological polar surface area (TPSA) is 42.3 Å². The molecule has 0 bridgehead atoms. The van der Waals surface area contributed by atoms with Crippen molar-refractivity contribution in [1.82, 2.24) is 15.1 Å². The summed E-state index contributed by atoms with van der Waals surface area (Å²) in [5, 5.41) is 7.88. The number of aromatic nitrogens is 2. The van der Waals surface area contributed by atoms with E-state index in [4.69, 9.17) is 4.74 Å². The van der Waals surface area contributed by atoms with Crippen molar-refractivity contribution in [1.29, 1.82) is 0 Å². The summed E-state index contributed by atoms with van der Waals surface area (Å²) in [6, 6.07) is 0. The fourth-order valence-corrected chi connectivity index (χ4v) is 2.41. The Kier molecular flexibility index (Phi) is 2.14. The average Bonchev–Trinajstić information content (AvgIpc) is 2.78. The number of rotatable bonds is 1. The standard InChI is InChI=1S/C10H16N4O/c1-13-10(14-2-4-15-5-3-14)8-6-11-7-9(8)12-13/h11H,2-7H2,1H3. The number of anilines is 1. The summed E-state index contributed by atoms with van der Waals surface area (Å²) in [6.07, 6.45) is 0. The molecule has 0 radical (unpaired) electrons. The van der Waals surface area contributed by atoms with Gasteiger partial charge in [0, 0.05) is 38.8 Å². The molecule has 0 unspecified atom stereocenters. The van der Waals surface area contributed by atoms with Gasteiger partial charge in [-0.1, -0.05) is 0 Å². The highest BCUT2D eigenvalue weighted by Crippen LogP contribution is 2.27. The van der Waals surface area contributed by atoms with Gasteiger partial charge in [0.25, 0.3) is 0 Å². The van der Waals surface area contributed by atoms with Crippen LogP contribution in [0.15, 0.2) is 0 Å². The maximum atomic E-state index is 5.37. The van der Waals surface area contributed by atoms with Gasteiger partial charge in [-0.3, -0.25) is 4.68 Å². The second-order valence-corrected chi connectivity index (χ2v) is 4.08. The smallest absolute Gasteiger partial charge is 0.131 e. The summed E-state index contributed by atoms with van der Waals surface area (Å²) < 4.78 is 7.38. The zero-order valence-corrected chi connectivity index (χ0v) is 8.99. The Balaban J connectivity index is 1.95. The Morgan fingerprint density at radius 3 is 2.87 bits per heavy atom. The van der Waals surface area contributed by atoms with Crippen LogP contribution >= 0.6 is 0 Å². The molecular weight excluding hydrogens is 192 g/mol. The maximum absolute atomic E-state index is 5.37. The van der Waals surface area contributed by atoms with Crippen molar-refractivity contribution >= 4 is 5.82 Å². The molecule has 82 valence electrons. The molecular formula is C10H16N4O. The fraction of sp³-hybridized carbons (Fsp3) is 0.700. The van der Waals surface area contributed by atoms with E-state index in [1.807, 2.05) is 11.7 Å². The highest BCUT2D eigenvalue weighted by Gasteiger charge is 2.25. The lowest BCUT2D eigenvalue weighted by molar-refractivity contribution is 0.122. The molecule has 1 aromatic rings. The SMILES string of the molecule is Cn1nc2c(c1N1CCOCC1)CNC2.